The fourth-order valence-electron chi connectivity index (χ4n) is 10.3. The predicted octanol–water partition coefficient (Wildman–Crippen LogP) is 23.9. The molecule has 1 rings (SSSR count). The van der Waals surface area contributed by atoms with Gasteiger partial charge < -0.3 is 0 Å². The fourth-order valence-corrected chi connectivity index (χ4v) is 19.7. The summed E-state index contributed by atoms with van der Waals surface area (Å²) in [7, 11) is 15.9. The van der Waals surface area contributed by atoms with E-state index < -0.39 is 23.5 Å². The number of hydrogen-bond donors (Lipinski definition) is 0. The third-order valence-corrected chi connectivity index (χ3v) is 24.2. The third-order valence-electron chi connectivity index (χ3n) is 14.4. The minimum absolute atomic E-state index is 0.636. The van der Waals surface area contributed by atoms with Crippen LogP contribution in [0.25, 0.3) is 0 Å². The molecule has 0 spiro atoms. The Labute approximate surface area is 415 Å². The third kappa shape index (κ3) is 47.6. The van der Waals surface area contributed by atoms with E-state index in [9.17, 15) is 0 Å². The van der Waals surface area contributed by atoms with Gasteiger partial charge in [-0.05, 0) is 103 Å². The van der Waals surface area contributed by atoms with Crippen LogP contribution in [0.5, 0.6) is 0 Å². The van der Waals surface area contributed by atoms with Gasteiger partial charge in [0, 0.05) is 21.2 Å². The molecule has 0 atom stereocenters. The Morgan fingerprint density at radius 1 is 0.306 bits per heavy atom. The Morgan fingerprint density at radius 3 is 0.726 bits per heavy atom. The van der Waals surface area contributed by atoms with Crippen LogP contribution >= 0.6 is 55.1 Å². The molecule has 0 radical (unpaired) electrons. The molecule has 1 aliphatic rings. The van der Waals surface area contributed by atoms with Gasteiger partial charge in [0.15, 0.2) is 0 Å². The molecule has 0 saturated heterocycles. The van der Waals surface area contributed by atoms with Crippen molar-refractivity contribution in [1.29, 1.82) is 0 Å². The Bertz CT molecular complexity index is 762. The zero-order chi connectivity index (χ0) is 46.3. The standard InChI is InChI=1S/C30H62P.C25H54P.4ClH.Co/c1-4-7-10-13-16-22-27-31(30-25-20-19-21-26-30,28-23-17-14-11-8-5-2)29-24-18-15-12-9-6-3;1-5-8-11-14-17-20-23-26(4,24-21-18-15-12-9-6-2)25-22-19-16-13-10-7-3;;;;;/h30H,4-29H2,1-3H3;5-25H2,1-4H3;4*1H;/q2*+1;;;;;+2/p-4. The Morgan fingerprint density at radius 2 is 0.500 bits per heavy atom. The van der Waals surface area contributed by atoms with Crippen molar-refractivity contribution in [3.8, 4) is 0 Å². The molecule has 0 amide bonds. The van der Waals surface area contributed by atoms with E-state index >= 15 is 0 Å². The Hall–Kier alpha value is 2.53. The van der Waals surface area contributed by atoms with Crippen LogP contribution in [0.15, 0.2) is 0 Å². The van der Waals surface area contributed by atoms with Crippen molar-refractivity contribution in [1.82, 2.24) is 0 Å². The van der Waals surface area contributed by atoms with Crippen LogP contribution in [-0.4, -0.2) is 49.3 Å². The summed E-state index contributed by atoms with van der Waals surface area (Å²) in [4.78, 5) is 0. The fraction of sp³-hybridized carbons (Fsp3) is 1.00. The molecule has 0 aliphatic heterocycles. The molecule has 7 heteroatoms. The molecule has 0 aromatic carbocycles. The molecule has 0 aromatic rings. The first kappa shape index (κ1) is 66.6. The van der Waals surface area contributed by atoms with Crippen LogP contribution in [0.4, 0.5) is 0 Å². The molecule has 0 aromatic heterocycles. The van der Waals surface area contributed by atoms with Gasteiger partial charge in [-0.15, -0.1) is 0 Å². The first-order valence-electron chi connectivity index (χ1n) is 28.2. The summed E-state index contributed by atoms with van der Waals surface area (Å²) < 4.78 is 0. The number of rotatable bonds is 43. The van der Waals surface area contributed by atoms with Crippen molar-refractivity contribution in [2.45, 2.75) is 310 Å². The second-order valence-electron chi connectivity index (χ2n) is 20.4. The summed E-state index contributed by atoms with van der Waals surface area (Å²) in [5.74, 6) is 0. The SMILES string of the molecule is CCCCCCCC[P+](C)(CCCCCCCC)CCCCCCCC.CCCCCCCC[P+](CCCCCCCC)(CCCCCCCC)C1CCCCC1.[Cl][Co-2]([Cl])([Cl])[Cl]. The molecule has 0 unspecified atom stereocenters. The van der Waals surface area contributed by atoms with E-state index in [1.54, 1.807) is 81.9 Å². The van der Waals surface area contributed by atoms with Crippen molar-refractivity contribution in [2.24, 2.45) is 0 Å². The van der Waals surface area contributed by atoms with E-state index in [0.29, 0.717) is 0 Å². The quantitative estimate of drug-likeness (QED) is 0.0422. The summed E-state index contributed by atoms with van der Waals surface area (Å²) in [5.41, 5.74) is 1.17. The molecule has 1 fully saturated rings. The van der Waals surface area contributed by atoms with E-state index in [-0.39, 0.29) is 0 Å². The molecule has 1 aliphatic carbocycles. The van der Waals surface area contributed by atoms with Gasteiger partial charge >= 0.3 is 49.6 Å². The normalized spacial score (nSPS) is 14.0. The zero-order valence-corrected chi connectivity index (χ0v) is 49.4. The maximum absolute atomic E-state index is 4.94. The number of hydrogen-bond acceptors (Lipinski definition) is 0. The first-order valence-corrected chi connectivity index (χ1v) is 39.1. The average molecular weight is 1040 g/mol. The van der Waals surface area contributed by atoms with Gasteiger partial charge in [-0.25, -0.2) is 0 Å². The summed E-state index contributed by atoms with van der Waals surface area (Å²) in [5, 5.41) is 0. The minimum atomic E-state index is -2.49. The Balaban J connectivity index is 0. The average Bonchev–Trinajstić information content (AvgIpc) is 3.25. The molecule has 0 heterocycles. The second-order valence-corrected chi connectivity index (χ2v) is 39.8. The molecule has 0 nitrogen and oxygen atoms in total. The van der Waals surface area contributed by atoms with Gasteiger partial charge in [0.2, 0.25) is 0 Å². The molecule has 62 heavy (non-hydrogen) atoms. The van der Waals surface area contributed by atoms with E-state index in [2.05, 4.69) is 48.2 Å². The first-order chi connectivity index (χ1) is 30.0. The Kier molecular flexibility index (Phi) is 53.6. The molecule has 383 valence electrons. The van der Waals surface area contributed by atoms with Crippen LogP contribution in [0.2, 0.25) is 0 Å². The predicted molar refractivity (Wildman–Crippen MR) is 300 cm³/mol. The maximum atomic E-state index is 4.94. The van der Waals surface area contributed by atoms with Gasteiger partial charge in [-0.3, -0.25) is 0 Å². The van der Waals surface area contributed by atoms with Crippen LogP contribution in [0, 0.1) is 0 Å². The van der Waals surface area contributed by atoms with E-state index in [1.165, 1.54) is 224 Å². The van der Waals surface area contributed by atoms with Gasteiger partial charge in [-0.1, -0.05) is 202 Å². The van der Waals surface area contributed by atoms with Crippen LogP contribution < -0.4 is 0 Å². The summed E-state index contributed by atoms with van der Waals surface area (Å²) in [6.07, 6.45) is 70.9. The second kappa shape index (κ2) is 49.9. The summed E-state index contributed by atoms with van der Waals surface area (Å²) in [6, 6.07) is 0. The topological polar surface area (TPSA) is 0 Å². The van der Waals surface area contributed by atoms with E-state index in [0.717, 1.165) is 0 Å². The van der Waals surface area contributed by atoms with Gasteiger partial charge in [0.05, 0.1) is 42.6 Å². The molecule has 0 bridgehead atoms. The molecular formula is C55H116Cl4CoP2. The van der Waals surface area contributed by atoms with Gasteiger partial charge in [0.25, 0.3) is 0 Å². The summed E-state index contributed by atoms with van der Waals surface area (Å²) >= 11 is 0. The summed E-state index contributed by atoms with van der Waals surface area (Å²) in [6.45, 7) is 16.7. The van der Waals surface area contributed by atoms with E-state index in [4.69, 9.17) is 40.6 Å². The zero-order valence-electron chi connectivity index (χ0n) is 43.6. The van der Waals surface area contributed by atoms with Crippen molar-refractivity contribution in [3.63, 3.8) is 0 Å². The van der Waals surface area contributed by atoms with Gasteiger partial charge in [0.1, 0.15) is 0 Å². The van der Waals surface area contributed by atoms with Crippen molar-refractivity contribution < 1.29 is 9.01 Å². The number of unbranched alkanes of at least 4 members (excludes halogenated alkanes) is 30. The van der Waals surface area contributed by atoms with Crippen molar-refractivity contribution in [3.05, 3.63) is 0 Å². The molecule has 1 saturated carbocycles. The number of halogens is 4. The van der Waals surface area contributed by atoms with Crippen LogP contribution in [0.1, 0.15) is 305 Å². The molecular weight excluding hydrogens is 923 g/mol. The van der Waals surface area contributed by atoms with E-state index in [1.807, 2.05) is 0 Å². The van der Waals surface area contributed by atoms with Crippen LogP contribution in [-0.2, 0) is 9.01 Å². The van der Waals surface area contributed by atoms with Crippen molar-refractivity contribution in [2.75, 3.05) is 43.6 Å². The van der Waals surface area contributed by atoms with Gasteiger partial charge in [-0.2, -0.15) is 0 Å². The molecule has 0 N–H and O–H groups in total. The van der Waals surface area contributed by atoms with Crippen molar-refractivity contribution >= 4 is 55.1 Å². The van der Waals surface area contributed by atoms with Crippen LogP contribution in [0.3, 0.4) is 0 Å². The monoisotopic (exact) mass is 1040 g/mol.